The lowest BCUT2D eigenvalue weighted by atomic mass is 9.85. The van der Waals surface area contributed by atoms with Crippen LogP contribution >= 0.6 is 0 Å². The minimum Gasteiger partial charge on any atom is -0.456 e. The molecule has 0 aliphatic heterocycles. The monoisotopic (exact) mass is 700 g/mol. The summed E-state index contributed by atoms with van der Waals surface area (Å²) in [5.74, 6) is 0.692. The van der Waals surface area contributed by atoms with E-state index in [9.17, 15) is 0 Å². The van der Waals surface area contributed by atoms with Gasteiger partial charge in [-0.3, -0.25) is 0 Å². The fourth-order valence-electron chi connectivity index (χ4n) is 8.31. The van der Waals surface area contributed by atoms with Crippen molar-refractivity contribution in [3.05, 3.63) is 194 Å². The predicted molar refractivity (Wildman–Crippen MR) is 229 cm³/mol. The molecule has 3 heteroatoms. The van der Waals surface area contributed by atoms with Crippen molar-refractivity contribution in [2.24, 2.45) is 0 Å². The molecular formula is C52H32N2O. The van der Waals surface area contributed by atoms with E-state index >= 15 is 0 Å². The first-order chi connectivity index (χ1) is 27.3. The molecule has 3 nitrogen and oxygen atoms in total. The van der Waals surface area contributed by atoms with Crippen molar-refractivity contribution < 1.29 is 4.42 Å². The number of hydrogen-bond acceptors (Lipinski definition) is 3. The second kappa shape index (κ2) is 12.6. The summed E-state index contributed by atoms with van der Waals surface area (Å²) in [4.78, 5) is 10.6. The Kier molecular flexibility index (Phi) is 7.17. The van der Waals surface area contributed by atoms with Gasteiger partial charge in [-0.2, -0.15) is 0 Å². The highest BCUT2D eigenvalue weighted by atomic mass is 16.3. The van der Waals surface area contributed by atoms with Gasteiger partial charge in [-0.25, -0.2) is 9.97 Å². The van der Waals surface area contributed by atoms with Crippen molar-refractivity contribution in [2.75, 3.05) is 0 Å². The minimum atomic E-state index is 0.692. The third-order valence-corrected chi connectivity index (χ3v) is 10.9. The van der Waals surface area contributed by atoms with E-state index < -0.39 is 0 Å². The van der Waals surface area contributed by atoms with E-state index in [4.69, 9.17) is 14.4 Å². The Hall–Kier alpha value is -7.36. The zero-order valence-electron chi connectivity index (χ0n) is 29.8. The highest BCUT2D eigenvalue weighted by Crippen LogP contribution is 2.46. The average Bonchev–Trinajstić information content (AvgIpc) is 3.64. The molecule has 0 radical (unpaired) electrons. The molecule has 0 unspecified atom stereocenters. The van der Waals surface area contributed by atoms with E-state index in [2.05, 4.69) is 164 Å². The van der Waals surface area contributed by atoms with Gasteiger partial charge in [0.05, 0.1) is 11.4 Å². The van der Waals surface area contributed by atoms with E-state index in [1.54, 1.807) is 0 Å². The first-order valence-corrected chi connectivity index (χ1v) is 18.7. The van der Waals surface area contributed by atoms with Crippen molar-refractivity contribution in [2.45, 2.75) is 0 Å². The van der Waals surface area contributed by atoms with Gasteiger partial charge in [0.1, 0.15) is 11.2 Å². The van der Waals surface area contributed by atoms with Crippen LogP contribution in [0.25, 0.3) is 110 Å². The van der Waals surface area contributed by atoms with Crippen LogP contribution in [0.1, 0.15) is 0 Å². The predicted octanol–water partition coefficient (Wildman–Crippen LogP) is 14.2. The molecule has 0 saturated heterocycles. The van der Waals surface area contributed by atoms with Gasteiger partial charge in [0.15, 0.2) is 5.82 Å². The Bertz CT molecular complexity index is 3240. The largest absolute Gasteiger partial charge is 0.456 e. The number of hydrogen-bond donors (Lipinski definition) is 0. The molecule has 11 aromatic rings. The van der Waals surface area contributed by atoms with E-state index in [1.807, 2.05) is 30.3 Å². The molecule has 55 heavy (non-hydrogen) atoms. The van der Waals surface area contributed by atoms with E-state index in [0.29, 0.717) is 5.82 Å². The van der Waals surface area contributed by atoms with Crippen molar-refractivity contribution in [3.63, 3.8) is 0 Å². The number of benzene rings is 9. The fourth-order valence-corrected chi connectivity index (χ4v) is 8.31. The fraction of sp³-hybridized carbons (Fsp3) is 0. The van der Waals surface area contributed by atoms with Crippen LogP contribution in [-0.4, -0.2) is 9.97 Å². The highest BCUT2D eigenvalue weighted by Gasteiger charge is 2.21. The summed E-state index contributed by atoms with van der Waals surface area (Å²) in [6.45, 7) is 0. The van der Waals surface area contributed by atoms with E-state index in [1.165, 1.54) is 38.1 Å². The van der Waals surface area contributed by atoms with Gasteiger partial charge in [-0.1, -0.05) is 170 Å². The lowest BCUT2D eigenvalue weighted by Crippen LogP contribution is -1.98. The number of aromatic nitrogens is 2. The zero-order chi connectivity index (χ0) is 36.3. The van der Waals surface area contributed by atoms with Crippen LogP contribution in [0.4, 0.5) is 0 Å². The zero-order valence-corrected chi connectivity index (χ0v) is 29.8. The summed E-state index contributed by atoms with van der Waals surface area (Å²) in [6.07, 6.45) is 0. The summed E-state index contributed by atoms with van der Waals surface area (Å²) in [5.41, 5.74) is 11.3. The molecule has 0 saturated carbocycles. The molecule has 0 N–H and O–H groups in total. The second-order valence-electron chi connectivity index (χ2n) is 14.1. The van der Waals surface area contributed by atoms with Crippen LogP contribution in [0.3, 0.4) is 0 Å². The Balaban J connectivity index is 1.14. The quantitative estimate of drug-likeness (QED) is 0.133. The van der Waals surface area contributed by atoms with Crippen molar-refractivity contribution >= 4 is 54.3 Å². The Labute approximate surface area is 317 Å². The molecule has 2 heterocycles. The Morgan fingerprint density at radius 3 is 1.65 bits per heavy atom. The standard InChI is InChI=1S/C52H32N2O/c1-3-14-36(15-4-1)49-42-20-9-10-21-43(42)51(50-39-18-8-7-13-34(39)27-30-44(49)50)46-32-45(53-52(54-46)37-16-5-2-6-17-37)35-25-23-33(24-26-35)38-28-29-41-40-19-11-12-22-47(40)55-48(41)31-38/h1-32H. The van der Waals surface area contributed by atoms with Crippen LogP contribution in [0.15, 0.2) is 199 Å². The molecular weight excluding hydrogens is 669 g/mol. The van der Waals surface area contributed by atoms with Gasteiger partial charge in [0.25, 0.3) is 0 Å². The molecule has 0 aliphatic rings. The second-order valence-corrected chi connectivity index (χ2v) is 14.1. The number of furan rings is 1. The van der Waals surface area contributed by atoms with Crippen LogP contribution in [0.2, 0.25) is 0 Å². The third-order valence-electron chi connectivity index (χ3n) is 10.9. The molecule has 0 bridgehead atoms. The van der Waals surface area contributed by atoms with Crippen LogP contribution in [-0.2, 0) is 0 Å². The van der Waals surface area contributed by atoms with E-state index in [-0.39, 0.29) is 0 Å². The number of para-hydroxylation sites is 1. The first-order valence-electron chi connectivity index (χ1n) is 18.7. The molecule has 0 spiro atoms. The maximum Gasteiger partial charge on any atom is 0.160 e. The van der Waals surface area contributed by atoms with Gasteiger partial charge in [-0.15, -0.1) is 0 Å². The van der Waals surface area contributed by atoms with Gasteiger partial charge in [0, 0.05) is 32.8 Å². The summed E-state index contributed by atoms with van der Waals surface area (Å²) in [5, 5.41) is 9.40. The summed E-state index contributed by atoms with van der Waals surface area (Å²) in [7, 11) is 0. The van der Waals surface area contributed by atoms with Gasteiger partial charge >= 0.3 is 0 Å². The molecule has 9 aromatic carbocycles. The number of nitrogens with zero attached hydrogens (tertiary/aromatic N) is 2. The van der Waals surface area contributed by atoms with Gasteiger partial charge < -0.3 is 4.42 Å². The normalized spacial score (nSPS) is 11.6. The summed E-state index contributed by atoms with van der Waals surface area (Å²) >= 11 is 0. The molecule has 0 fully saturated rings. The summed E-state index contributed by atoms with van der Waals surface area (Å²) in [6, 6.07) is 68.6. The summed E-state index contributed by atoms with van der Waals surface area (Å²) < 4.78 is 6.22. The maximum absolute atomic E-state index is 6.22. The average molecular weight is 701 g/mol. The maximum atomic E-state index is 6.22. The highest BCUT2D eigenvalue weighted by molar-refractivity contribution is 6.27. The lowest BCUT2D eigenvalue weighted by Gasteiger charge is -2.19. The number of rotatable bonds is 5. The van der Waals surface area contributed by atoms with Crippen molar-refractivity contribution in [1.82, 2.24) is 9.97 Å². The first kappa shape index (κ1) is 31.2. The molecule has 2 aromatic heterocycles. The lowest BCUT2D eigenvalue weighted by molar-refractivity contribution is 0.669. The molecule has 0 atom stereocenters. The van der Waals surface area contributed by atoms with Crippen LogP contribution < -0.4 is 0 Å². The van der Waals surface area contributed by atoms with Crippen molar-refractivity contribution in [3.8, 4) is 56.2 Å². The van der Waals surface area contributed by atoms with Gasteiger partial charge in [0.2, 0.25) is 0 Å². The number of fused-ring (bicyclic) bond motifs is 7. The van der Waals surface area contributed by atoms with Gasteiger partial charge in [-0.05, 0) is 73.5 Å². The van der Waals surface area contributed by atoms with Crippen molar-refractivity contribution in [1.29, 1.82) is 0 Å². The SMILES string of the molecule is c1ccc(-c2nc(-c3ccc(-c4ccc5c(c4)oc4ccccc45)cc3)cc(-c3c4ccccc4c(-c4ccccc4)c4ccc5ccccc5c34)n2)cc1. The molecule has 0 amide bonds. The molecule has 256 valence electrons. The third kappa shape index (κ3) is 5.20. The smallest absolute Gasteiger partial charge is 0.160 e. The molecule has 0 aliphatic carbocycles. The van der Waals surface area contributed by atoms with Crippen LogP contribution in [0.5, 0.6) is 0 Å². The van der Waals surface area contributed by atoms with E-state index in [0.717, 1.165) is 66.5 Å². The minimum absolute atomic E-state index is 0.692. The van der Waals surface area contributed by atoms with Crippen LogP contribution in [0, 0.1) is 0 Å². The Morgan fingerprint density at radius 2 is 0.873 bits per heavy atom. The molecule has 11 rings (SSSR count). The Morgan fingerprint density at radius 1 is 0.309 bits per heavy atom. The topological polar surface area (TPSA) is 38.9 Å².